The number of fused-ring (bicyclic) bond motifs is 3. The average molecular weight is 472 g/mol. The van der Waals surface area contributed by atoms with Crippen LogP contribution in [0, 0.1) is 11.7 Å². The third kappa shape index (κ3) is 4.32. The highest BCUT2D eigenvalue weighted by Crippen LogP contribution is 2.39. The maximum absolute atomic E-state index is 14.0. The van der Waals surface area contributed by atoms with E-state index in [0.717, 1.165) is 18.7 Å². The van der Waals surface area contributed by atoms with Crippen molar-refractivity contribution in [1.29, 1.82) is 0 Å². The molecule has 2 aromatic heterocycles. The summed E-state index contributed by atoms with van der Waals surface area (Å²) >= 11 is 0. The number of aromatic nitrogens is 3. The summed E-state index contributed by atoms with van der Waals surface area (Å²) in [6, 6.07) is 7.37. The second kappa shape index (κ2) is 8.66. The molecule has 0 N–H and O–H groups in total. The van der Waals surface area contributed by atoms with Crippen molar-refractivity contribution < 1.29 is 27.1 Å². The molecule has 3 fully saturated rings. The molecule has 2 bridgehead atoms. The number of alkyl halides is 3. The Bertz CT molecular complexity index is 1190. The first-order valence-electron chi connectivity index (χ1n) is 10.9. The third-order valence-corrected chi connectivity index (χ3v) is 6.34. The van der Waals surface area contributed by atoms with Crippen LogP contribution in [0.25, 0.3) is 11.4 Å². The molecular weight excluding hydrogens is 452 g/mol. The summed E-state index contributed by atoms with van der Waals surface area (Å²) < 4.78 is 58.4. The van der Waals surface area contributed by atoms with Gasteiger partial charge in [-0.05, 0) is 55.5 Å². The van der Waals surface area contributed by atoms with Gasteiger partial charge in [-0.3, -0.25) is 4.79 Å². The van der Waals surface area contributed by atoms with Gasteiger partial charge in [-0.1, -0.05) is 0 Å². The lowest BCUT2D eigenvalue weighted by Gasteiger charge is -2.49. The lowest BCUT2D eigenvalue weighted by atomic mass is 9.77. The summed E-state index contributed by atoms with van der Waals surface area (Å²) in [7, 11) is 0. The molecule has 2 aliphatic heterocycles. The maximum atomic E-state index is 14.0. The van der Waals surface area contributed by atoms with Gasteiger partial charge in [0, 0.05) is 36.8 Å². The average Bonchev–Trinajstić information content (AvgIpc) is 2.84. The Hall–Kier alpha value is -3.56. The largest absolute Gasteiger partial charge is 0.472 e. The molecule has 2 saturated heterocycles. The molecule has 4 heterocycles. The molecule has 176 valence electrons. The van der Waals surface area contributed by atoms with Gasteiger partial charge in [0.15, 0.2) is 5.82 Å². The van der Waals surface area contributed by atoms with Crippen LogP contribution in [0.15, 0.2) is 55.0 Å². The number of hydrogen-bond donors (Lipinski definition) is 0. The fraction of sp³-hybridized carbons (Fsp3) is 0.333. The molecular formula is C24H20F4N4O2. The van der Waals surface area contributed by atoms with Gasteiger partial charge in [-0.15, -0.1) is 0 Å². The van der Waals surface area contributed by atoms with E-state index in [1.165, 1.54) is 36.7 Å². The first kappa shape index (κ1) is 22.2. The van der Waals surface area contributed by atoms with E-state index in [0.29, 0.717) is 24.9 Å². The number of carbonyl (C=O) groups is 1. The lowest BCUT2D eigenvalue weighted by molar-refractivity contribution is -0.137. The number of pyridine rings is 1. The predicted octanol–water partition coefficient (Wildman–Crippen LogP) is 4.77. The van der Waals surface area contributed by atoms with Crippen LogP contribution in [0.5, 0.6) is 5.88 Å². The third-order valence-electron chi connectivity index (χ3n) is 6.34. The van der Waals surface area contributed by atoms with Gasteiger partial charge in [0.1, 0.15) is 11.9 Å². The van der Waals surface area contributed by atoms with Crippen molar-refractivity contribution in [2.24, 2.45) is 5.92 Å². The molecule has 1 saturated carbocycles. The van der Waals surface area contributed by atoms with Crippen molar-refractivity contribution in [3.63, 3.8) is 0 Å². The second-order valence-corrected chi connectivity index (χ2v) is 8.51. The van der Waals surface area contributed by atoms with E-state index in [9.17, 15) is 22.4 Å². The Labute approximate surface area is 192 Å². The number of halogens is 4. The highest BCUT2D eigenvalue weighted by atomic mass is 19.4. The smallest absolute Gasteiger partial charge is 0.417 e. The van der Waals surface area contributed by atoms with E-state index in [1.54, 1.807) is 11.0 Å². The predicted molar refractivity (Wildman–Crippen MR) is 113 cm³/mol. The van der Waals surface area contributed by atoms with Crippen molar-refractivity contribution in [3.8, 4) is 17.3 Å². The minimum absolute atomic E-state index is 0.0816. The minimum Gasteiger partial charge on any atom is -0.472 e. The summed E-state index contributed by atoms with van der Waals surface area (Å²) in [5, 5.41) is 0. The van der Waals surface area contributed by atoms with Crippen molar-refractivity contribution in [1.82, 2.24) is 19.9 Å². The van der Waals surface area contributed by atoms with Gasteiger partial charge < -0.3 is 9.64 Å². The summed E-state index contributed by atoms with van der Waals surface area (Å²) in [5.74, 6) is -0.280. The van der Waals surface area contributed by atoms with Crippen molar-refractivity contribution >= 4 is 5.91 Å². The van der Waals surface area contributed by atoms with Gasteiger partial charge in [-0.25, -0.2) is 19.3 Å². The van der Waals surface area contributed by atoms with Crippen LogP contribution in [0.2, 0.25) is 0 Å². The van der Waals surface area contributed by atoms with Crippen molar-refractivity contribution in [3.05, 3.63) is 71.9 Å². The number of piperidine rings is 2. The molecule has 1 amide bonds. The first-order valence-corrected chi connectivity index (χ1v) is 10.9. The highest BCUT2D eigenvalue weighted by Gasteiger charge is 2.45. The Morgan fingerprint density at radius 3 is 2.53 bits per heavy atom. The van der Waals surface area contributed by atoms with Crippen molar-refractivity contribution in [2.75, 3.05) is 6.54 Å². The molecule has 6 nitrogen and oxygen atoms in total. The van der Waals surface area contributed by atoms with Crippen molar-refractivity contribution in [2.45, 2.75) is 37.6 Å². The Kier molecular flexibility index (Phi) is 5.66. The molecule has 3 aromatic rings. The van der Waals surface area contributed by atoms with E-state index < -0.39 is 23.7 Å². The van der Waals surface area contributed by atoms with Crippen LogP contribution in [0.3, 0.4) is 0 Å². The van der Waals surface area contributed by atoms with Crippen LogP contribution in [-0.4, -0.2) is 44.4 Å². The molecule has 1 aromatic carbocycles. The number of hydrogen-bond acceptors (Lipinski definition) is 5. The monoisotopic (exact) mass is 472 g/mol. The van der Waals surface area contributed by atoms with Crippen LogP contribution < -0.4 is 4.74 Å². The lowest BCUT2D eigenvalue weighted by Crippen LogP contribution is -2.59. The zero-order valence-electron chi connectivity index (χ0n) is 17.9. The standard InChI is InChI=1S/C24H20F4N4O2/c25-16-4-5-17(18(11-16)22-29-8-1-9-30-22)23(33)32-13-14-2-6-19(32)20(10-14)34-21-7-3-15(12-31-21)24(26,27)28/h1,3-5,7-9,11-12,14,19-20H,2,6,10,13H2/t14?,19-,20?/m1/s1. The molecule has 6 rings (SSSR count). The van der Waals surface area contributed by atoms with E-state index in [2.05, 4.69) is 15.0 Å². The SMILES string of the molecule is O=C(c1ccc(F)cc1-c1ncccn1)N1CC2CC[C@@H]1C(Oc1ccc(C(F)(F)F)cn1)C2. The zero-order valence-corrected chi connectivity index (χ0v) is 17.9. The number of rotatable bonds is 4. The Balaban J connectivity index is 1.40. The molecule has 0 radical (unpaired) electrons. The molecule has 1 aliphatic carbocycles. The van der Waals surface area contributed by atoms with Gasteiger partial charge >= 0.3 is 6.18 Å². The van der Waals surface area contributed by atoms with E-state index in [4.69, 9.17) is 4.74 Å². The molecule has 3 aliphatic rings. The second-order valence-electron chi connectivity index (χ2n) is 8.51. The van der Waals surface area contributed by atoms with Gasteiger partial charge in [0.05, 0.1) is 17.2 Å². The normalized spacial score (nSPS) is 22.0. The quantitative estimate of drug-likeness (QED) is 0.512. The fourth-order valence-electron chi connectivity index (χ4n) is 4.75. The fourth-order valence-corrected chi connectivity index (χ4v) is 4.75. The first-order chi connectivity index (χ1) is 16.3. The summed E-state index contributed by atoms with van der Waals surface area (Å²) in [6.45, 7) is 0.524. The van der Waals surface area contributed by atoms with Crippen LogP contribution in [0.1, 0.15) is 35.2 Å². The molecule has 34 heavy (non-hydrogen) atoms. The number of nitrogens with zero attached hydrogens (tertiary/aromatic N) is 4. The molecule has 2 unspecified atom stereocenters. The van der Waals surface area contributed by atoms with Crippen LogP contribution in [0.4, 0.5) is 17.6 Å². The van der Waals surface area contributed by atoms with E-state index >= 15 is 0 Å². The molecule has 3 atom stereocenters. The summed E-state index contributed by atoms with van der Waals surface area (Å²) in [5.41, 5.74) is -0.269. The Morgan fingerprint density at radius 1 is 1.06 bits per heavy atom. The number of carbonyl (C=O) groups excluding carboxylic acids is 1. The van der Waals surface area contributed by atoms with Gasteiger partial charge in [0.2, 0.25) is 5.88 Å². The topological polar surface area (TPSA) is 68.2 Å². The molecule has 0 spiro atoms. The minimum atomic E-state index is -4.48. The van der Waals surface area contributed by atoms with Crippen LogP contribution in [-0.2, 0) is 6.18 Å². The zero-order chi connectivity index (χ0) is 23.9. The van der Waals surface area contributed by atoms with Gasteiger partial charge in [-0.2, -0.15) is 13.2 Å². The number of ether oxygens (including phenoxy) is 1. The van der Waals surface area contributed by atoms with Crippen LogP contribution >= 0.6 is 0 Å². The maximum Gasteiger partial charge on any atom is 0.417 e. The Morgan fingerprint density at radius 2 is 1.85 bits per heavy atom. The van der Waals surface area contributed by atoms with Gasteiger partial charge in [0.25, 0.3) is 5.91 Å². The number of benzene rings is 1. The summed E-state index contributed by atoms with van der Waals surface area (Å²) in [6.07, 6.45) is 1.19. The number of amides is 1. The van der Waals surface area contributed by atoms with E-state index in [1.807, 2.05) is 0 Å². The molecule has 10 heteroatoms. The highest BCUT2D eigenvalue weighted by molar-refractivity contribution is 6.00. The van der Waals surface area contributed by atoms with E-state index in [-0.39, 0.29) is 35.1 Å². The summed E-state index contributed by atoms with van der Waals surface area (Å²) in [4.78, 5) is 27.4.